The smallest absolute Gasteiger partial charge is 0.351 e. The van der Waals surface area contributed by atoms with E-state index in [1.165, 1.54) is 23.6 Å². The number of nitrogen functional groups attached to an aromatic ring is 1. The molecule has 8 atom stereocenters. The molecule has 1 aliphatic carbocycles. The standard InChI is InChI=1S/C25H41FN3O5PS2Si/c1-15(2)16-9-11-25(6)18(13-16)33-35(36,37-25)34-21-17(14-31-38(7,8)24(3,4)5)32-22(20(21)26)29-12-10-19(27)28-23(29)30/h10,12,16-18,20-22H,1,9,11,13-14H2,2-8H3,(H2,27,28,30)/t16-,17+,18+,20+,21+,22+,25+,35-/m0/s1. The van der Waals surface area contributed by atoms with Crippen molar-refractivity contribution in [1.82, 2.24) is 9.55 Å². The maximum absolute atomic E-state index is 16.2. The van der Waals surface area contributed by atoms with Gasteiger partial charge in [0, 0.05) is 10.9 Å². The van der Waals surface area contributed by atoms with Crippen LogP contribution in [0.25, 0.3) is 0 Å². The number of nitrogens with two attached hydrogens (primary N) is 1. The lowest BCUT2D eigenvalue weighted by Crippen LogP contribution is -2.44. The molecule has 13 heteroatoms. The molecule has 0 amide bonds. The second-order valence-electron chi connectivity index (χ2n) is 12.5. The van der Waals surface area contributed by atoms with Gasteiger partial charge in [-0.25, -0.2) is 9.18 Å². The van der Waals surface area contributed by atoms with E-state index in [4.69, 9.17) is 35.8 Å². The number of allylic oxidation sites excluding steroid dienone is 1. The Morgan fingerprint density at radius 2 is 2.16 bits per heavy atom. The topological polar surface area (TPSA) is 97.8 Å². The summed E-state index contributed by atoms with van der Waals surface area (Å²) in [5.41, 5.74) is 3.17. The number of alkyl halides is 1. The number of anilines is 1. The highest BCUT2D eigenvalue weighted by atomic mass is 32.9. The average Bonchev–Trinajstić information content (AvgIpc) is 3.23. The zero-order valence-electron chi connectivity index (χ0n) is 23.3. The molecule has 0 bridgehead atoms. The SMILES string of the molecule is C=C(C)[C@H]1CC[C@@]2(C)S[P@](=S)(O[C@H]3[C@@H](F)[C@H](n4ccc(N)nc4=O)O[C@@H]3CO[Si](C)(C)C(C)(C)C)O[C@@H]2C1. The zero-order valence-corrected chi connectivity index (χ0v) is 26.8. The van der Waals surface area contributed by atoms with Crippen molar-refractivity contribution in [3.05, 3.63) is 34.9 Å². The fraction of sp³-hybridized carbons (Fsp3) is 0.760. The maximum atomic E-state index is 16.2. The molecule has 8 nitrogen and oxygen atoms in total. The highest BCUT2D eigenvalue weighted by Crippen LogP contribution is 2.76. The van der Waals surface area contributed by atoms with Crippen LogP contribution in [-0.4, -0.2) is 53.7 Å². The fourth-order valence-corrected chi connectivity index (χ4v) is 13.4. The molecule has 2 aliphatic heterocycles. The molecule has 214 valence electrons. The van der Waals surface area contributed by atoms with Crippen molar-refractivity contribution in [2.45, 2.75) is 107 Å². The Morgan fingerprint density at radius 1 is 1.47 bits per heavy atom. The van der Waals surface area contributed by atoms with Crippen molar-refractivity contribution >= 4 is 43.0 Å². The van der Waals surface area contributed by atoms with E-state index in [1.54, 1.807) is 0 Å². The molecule has 3 heterocycles. The van der Waals surface area contributed by atoms with Crippen LogP contribution in [0.15, 0.2) is 29.2 Å². The molecule has 2 saturated heterocycles. The molecule has 4 rings (SSSR count). The summed E-state index contributed by atoms with van der Waals surface area (Å²) >= 11 is 7.50. The van der Waals surface area contributed by atoms with Crippen molar-refractivity contribution in [1.29, 1.82) is 0 Å². The molecular formula is C25H41FN3O5PS2Si. The fourth-order valence-electron chi connectivity index (χ4n) is 4.89. The molecule has 3 aliphatic rings. The number of hydrogen-bond acceptors (Lipinski definition) is 9. The van der Waals surface area contributed by atoms with Gasteiger partial charge in [-0.1, -0.05) is 44.3 Å². The summed E-state index contributed by atoms with van der Waals surface area (Å²) < 4.78 is 42.5. The van der Waals surface area contributed by atoms with Gasteiger partial charge in [0.1, 0.15) is 18.0 Å². The van der Waals surface area contributed by atoms with Crippen LogP contribution in [0, 0.1) is 5.92 Å². The lowest BCUT2D eigenvalue weighted by Gasteiger charge is -2.37. The van der Waals surface area contributed by atoms with Gasteiger partial charge in [0.25, 0.3) is 0 Å². The predicted molar refractivity (Wildman–Crippen MR) is 157 cm³/mol. The number of fused-ring (bicyclic) bond motifs is 1. The second-order valence-corrected chi connectivity index (χ2v) is 23.8. The van der Waals surface area contributed by atoms with Crippen LogP contribution < -0.4 is 11.4 Å². The highest BCUT2D eigenvalue weighted by molar-refractivity contribution is 8.68. The van der Waals surface area contributed by atoms with E-state index in [0.29, 0.717) is 5.92 Å². The first-order valence-electron chi connectivity index (χ1n) is 13.1. The molecule has 0 radical (unpaired) electrons. The monoisotopic (exact) mass is 605 g/mol. The summed E-state index contributed by atoms with van der Waals surface area (Å²) in [4.78, 5) is 16.3. The van der Waals surface area contributed by atoms with Crippen molar-refractivity contribution in [3.8, 4) is 0 Å². The largest absolute Gasteiger partial charge is 0.414 e. The Kier molecular flexibility index (Phi) is 8.53. The van der Waals surface area contributed by atoms with Gasteiger partial charge in [-0.05, 0) is 75.0 Å². The summed E-state index contributed by atoms with van der Waals surface area (Å²) in [7, 11) is -2.18. The van der Waals surface area contributed by atoms with E-state index < -0.39 is 44.3 Å². The quantitative estimate of drug-likeness (QED) is 0.229. The van der Waals surface area contributed by atoms with Gasteiger partial charge >= 0.3 is 5.69 Å². The van der Waals surface area contributed by atoms with Crippen molar-refractivity contribution in [2.24, 2.45) is 5.92 Å². The van der Waals surface area contributed by atoms with Crippen molar-refractivity contribution in [2.75, 3.05) is 12.3 Å². The number of hydrogen-bond donors (Lipinski definition) is 1. The van der Waals surface area contributed by atoms with Crippen LogP contribution in [-0.2, 0) is 30.0 Å². The van der Waals surface area contributed by atoms with Crippen LogP contribution in [0.2, 0.25) is 18.1 Å². The van der Waals surface area contributed by atoms with E-state index in [-0.39, 0.29) is 28.3 Å². The first-order valence-corrected chi connectivity index (χ1v) is 20.0. The molecule has 2 N–H and O–H groups in total. The van der Waals surface area contributed by atoms with E-state index in [1.807, 2.05) is 6.92 Å². The van der Waals surface area contributed by atoms with Gasteiger partial charge in [-0.2, -0.15) is 4.98 Å². The Balaban J connectivity index is 1.59. The predicted octanol–water partition coefficient (Wildman–Crippen LogP) is 5.96. The number of ether oxygens (including phenoxy) is 1. The zero-order chi connectivity index (χ0) is 28.3. The van der Waals surface area contributed by atoms with E-state index in [0.717, 1.165) is 29.4 Å². The van der Waals surface area contributed by atoms with Gasteiger partial charge in [0.15, 0.2) is 20.7 Å². The molecule has 1 aromatic heterocycles. The minimum atomic E-state index is -2.92. The van der Waals surface area contributed by atoms with Crippen LogP contribution in [0.1, 0.15) is 60.1 Å². The van der Waals surface area contributed by atoms with Crippen LogP contribution >= 0.6 is 17.1 Å². The molecule has 38 heavy (non-hydrogen) atoms. The highest BCUT2D eigenvalue weighted by Gasteiger charge is 2.57. The molecule has 1 saturated carbocycles. The number of halogens is 1. The number of nitrogens with zero attached hydrogens (tertiary/aromatic N) is 2. The third-order valence-corrected chi connectivity index (χ3v) is 18.7. The van der Waals surface area contributed by atoms with Gasteiger partial charge in [-0.15, -0.1) is 0 Å². The van der Waals surface area contributed by atoms with Gasteiger partial charge < -0.3 is 23.9 Å². The third-order valence-electron chi connectivity index (χ3n) is 8.50. The molecule has 3 fully saturated rings. The van der Waals surface area contributed by atoms with Crippen LogP contribution in [0.3, 0.4) is 0 Å². The number of rotatable bonds is 7. The third kappa shape index (κ3) is 6.03. The second kappa shape index (κ2) is 10.7. The van der Waals surface area contributed by atoms with Crippen molar-refractivity contribution in [3.63, 3.8) is 0 Å². The Bertz CT molecular complexity index is 1180. The Morgan fingerprint density at radius 3 is 2.76 bits per heavy atom. The summed E-state index contributed by atoms with van der Waals surface area (Å²) in [5, 5.41) is -0.0466. The van der Waals surface area contributed by atoms with Crippen LogP contribution in [0.4, 0.5) is 10.2 Å². The van der Waals surface area contributed by atoms with Crippen molar-refractivity contribution < 1.29 is 22.6 Å². The minimum Gasteiger partial charge on any atom is -0.414 e. The normalized spacial score (nSPS) is 37.8. The summed E-state index contributed by atoms with van der Waals surface area (Å²) in [6, 6.07) is 1.44. The Labute approximate surface area is 235 Å². The molecule has 1 aromatic rings. The molecular weight excluding hydrogens is 564 g/mol. The summed E-state index contributed by atoms with van der Waals surface area (Å²) in [6.07, 6.45) is -0.696. The van der Waals surface area contributed by atoms with E-state index >= 15 is 4.39 Å². The molecule has 0 aromatic carbocycles. The maximum Gasteiger partial charge on any atom is 0.351 e. The Hall–Kier alpha value is -0.593. The van der Waals surface area contributed by atoms with Gasteiger partial charge in [0.05, 0.1) is 12.7 Å². The molecule has 0 unspecified atom stereocenters. The average molecular weight is 606 g/mol. The first-order chi connectivity index (χ1) is 17.4. The van der Waals surface area contributed by atoms with Gasteiger partial charge in [0.2, 0.25) is 5.69 Å². The lowest BCUT2D eigenvalue weighted by molar-refractivity contribution is -0.0447. The van der Waals surface area contributed by atoms with Crippen LogP contribution in [0.5, 0.6) is 0 Å². The summed E-state index contributed by atoms with van der Waals surface area (Å²) in [6.45, 7) is 19.1. The lowest BCUT2D eigenvalue weighted by atomic mass is 9.77. The number of aromatic nitrogens is 2. The molecule has 0 spiro atoms. The van der Waals surface area contributed by atoms with E-state index in [2.05, 4.69) is 52.4 Å². The minimum absolute atomic E-state index is 0.0466. The summed E-state index contributed by atoms with van der Waals surface area (Å²) in [5.74, 6) is 0.430. The van der Waals surface area contributed by atoms with Gasteiger partial charge in [-0.3, -0.25) is 4.57 Å². The first kappa shape index (κ1) is 30.4. The van der Waals surface area contributed by atoms with E-state index in [9.17, 15) is 4.79 Å².